The lowest BCUT2D eigenvalue weighted by Crippen LogP contribution is -2.16. The van der Waals surface area contributed by atoms with Crippen molar-refractivity contribution in [3.63, 3.8) is 0 Å². The fourth-order valence-corrected chi connectivity index (χ4v) is 2.93. The Balaban J connectivity index is 1.63. The van der Waals surface area contributed by atoms with Gasteiger partial charge in [-0.15, -0.1) is 11.3 Å². The van der Waals surface area contributed by atoms with E-state index in [1.807, 2.05) is 29.9 Å². The van der Waals surface area contributed by atoms with E-state index in [4.69, 9.17) is 0 Å². The van der Waals surface area contributed by atoms with Gasteiger partial charge >= 0.3 is 5.69 Å². The maximum Gasteiger partial charge on any atom is 0.346 e. The van der Waals surface area contributed by atoms with E-state index in [2.05, 4.69) is 25.3 Å². The lowest BCUT2D eigenvalue weighted by atomic mass is 10.1. The summed E-state index contributed by atoms with van der Waals surface area (Å²) >= 11 is 1.66. The number of thiazole rings is 1. The van der Waals surface area contributed by atoms with Crippen LogP contribution in [0.25, 0.3) is 0 Å². The highest BCUT2D eigenvalue weighted by Gasteiger charge is 2.06. The number of anilines is 1. The minimum Gasteiger partial charge on any atom is -0.371 e. The average Bonchev–Trinajstić information content (AvgIpc) is 3.08. The number of H-pyrrole nitrogens is 1. The Hall–Kier alpha value is -2.54. The lowest BCUT2D eigenvalue weighted by Gasteiger charge is -2.10. The smallest absolute Gasteiger partial charge is 0.346 e. The van der Waals surface area contributed by atoms with E-state index in [1.54, 1.807) is 23.7 Å². The Bertz CT molecular complexity index is 786. The molecule has 3 aromatic heterocycles. The summed E-state index contributed by atoms with van der Waals surface area (Å²) in [5, 5.41) is 6.41. The van der Waals surface area contributed by atoms with Crippen molar-refractivity contribution in [2.45, 2.75) is 19.3 Å². The van der Waals surface area contributed by atoms with Crippen LogP contribution < -0.4 is 11.0 Å². The molecule has 0 bridgehead atoms. The van der Waals surface area contributed by atoms with Crippen LogP contribution in [0.2, 0.25) is 0 Å². The predicted octanol–water partition coefficient (Wildman–Crippen LogP) is 2.26. The minimum absolute atomic E-state index is 0.345. The van der Waals surface area contributed by atoms with Crippen LogP contribution in [0.4, 0.5) is 5.82 Å². The number of hydrogen-bond donors (Lipinski definition) is 2. The number of rotatable bonds is 7. The Morgan fingerprint density at radius 1 is 1.22 bits per heavy atom. The first-order valence-electron chi connectivity index (χ1n) is 7.40. The molecule has 0 amide bonds. The molecule has 7 heteroatoms. The fraction of sp³-hybridized carbons (Fsp3) is 0.250. The molecule has 0 saturated heterocycles. The normalized spacial score (nSPS) is 10.6. The largest absolute Gasteiger partial charge is 0.371 e. The summed E-state index contributed by atoms with van der Waals surface area (Å²) in [6.07, 6.45) is 9.55. The molecule has 0 unspecified atom stereocenters. The number of nitrogens with one attached hydrogen (secondary N) is 2. The maximum absolute atomic E-state index is 11.5. The molecule has 3 rings (SSSR count). The highest BCUT2D eigenvalue weighted by atomic mass is 32.1. The van der Waals surface area contributed by atoms with Crippen LogP contribution in [0.15, 0.2) is 47.1 Å². The molecule has 0 fully saturated rings. The maximum atomic E-state index is 11.5. The number of pyridine rings is 1. The minimum atomic E-state index is -0.345. The highest BCUT2D eigenvalue weighted by Crippen LogP contribution is 2.14. The Labute approximate surface area is 137 Å². The van der Waals surface area contributed by atoms with Crippen LogP contribution in [0.1, 0.15) is 22.6 Å². The van der Waals surface area contributed by atoms with Gasteiger partial charge in [0.25, 0.3) is 0 Å². The van der Waals surface area contributed by atoms with Gasteiger partial charge in [0.2, 0.25) is 0 Å². The molecule has 118 valence electrons. The molecule has 0 radical (unpaired) electrons. The molecular formula is C16H17N5OS. The molecule has 0 aromatic carbocycles. The third-order valence-corrected chi connectivity index (χ3v) is 4.20. The zero-order valence-electron chi connectivity index (χ0n) is 12.5. The lowest BCUT2D eigenvalue weighted by molar-refractivity contribution is 0.845. The SMILES string of the molecule is O=c1ncc(Cc2cccnc2)c(NCCCc2nccs2)[nH]1. The first kappa shape index (κ1) is 15.4. The molecule has 0 atom stereocenters. The number of hydrogen-bond acceptors (Lipinski definition) is 6. The topological polar surface area (TPSA) is 83.6 Å². The molecule has 2 N–H and O–H groups in total. The Morgan fingerprint density at radius 2 is 2.17 bits per heavy atom. The Morgan fingerprint density at radius 3 is 2.96 bits per heavy atom. The quantitative estimate of drug-likeness (QED) is 0.650. The van der Waals surface area contributed by atoms with Gasteiger partial charge in [-0.3, -0.25) is 9.97 Å². The average molecular weight is 327 g/mol. The van der Waals surface area contributed by atoms with Crippen LogP contribution >= 0.6 is 11.3 Å². The summed E-state index contributed by atoms with van der Waals surface area (Å²) in [6.45, 7) is 0.763. The summed E-state index contributed by atoms with van der Waals surface area (Å²) < 4.78 is 0. The van der Waals surface area contributed by atoms with E-state index in [-0.39, 0.29) is 5.69 Å². The standard InChI is InChI=1S/C16H17N5OS/c22-16-20-11-13(9-12-3-1-5-17-10-12)15(21-16)19-6-2-4-14-18-7-8-23-14/h1,3,5,7-8,10-11H,2,4,6,9H2,(H2,19,20,21,22). The first-order chi connectivity index (χ1) is 11.3. The monoisotopic (exact) mass is 327 g/mol. The molecule has 3 aromatic rings. The molecule has 6 nitrogen and oxygen atoms in total. The van der Waals surface area contributed by atoms with Gasteiger partial charge in [-0.2, -0.15) is 0 Å². The second kappa shape index (κ2) is 7.64. The summed E-state index contributed by atoms with van der Waals surface area (Å²) in [6, 6.07) is 3.90. The second-order valence-electron chi connectivity index (χ2n) is 5.08. The van der Waals surface area contributed by atoms with Crippen LogP contribution in [-0.2, 0) is 12.8 Å². The number of aromatic nitrogens is 4. The van der Waals surface area contributed by atoms with Gasteiger partial charge < -0.3 is 5.32 Å². The van der Waals surface area contributed by atoms with Gasteiger partial charge in [-0.25, -0.2) is 14.8 Å². The molecule has 0 aliphatic carbocycles. The molecule has 0 aliphatic heterocycles. The zero-order valence-corrected chi connectivity index (χ0v) is 13.3. The van der Waals surface area contributed by atoms with Gasteiger partial charge in [0.1, 0.15) is 5.82 Å². The van der Waals surface area contributed by atoms with Gasteiger partial charge in [0.15, 0.2) is 0 Å². The van der Waals surface area contributed by atoms with E-state index in [0.29, 0.717) is 6.42 Å². The highest BCUT2D eigenvalue weighted by molar-refractivity contribution is 7.09. The van der Waals surface area contributed by atoms with Gasteiger partial charge in [-0.1, -0.05) is 6.07 Å². The van der Waals surface area contributed by atoms with Crippen molar-refractivity contribution in [3.05, 3.63) is 68.9 Å². The third kappa shape index (κ3) is 4.46. The Kier molecular flexibility index (Phi) is 5.10. The number of aryl methyl sites for hydroxylation is 1. The van der Waals surface area contributed by atoms with Gasteiger partial charge in [0, 0.05) is 55.1 Å². The summed E-state index contributed by atoms with van der Waals surface area (Å²) in [7, 11) is 0. The van der Waals surface area contributed by atoms with Crippen molar-refractivity contribution < 1.29 is 0 Å². The number of nitrogens with zero attached hydrogens (tertiary/aromatic N) is 3. The van der Waals surface area contributed by atoms with E-state index in [0.717, 1.165) is 41.3 Å². The summed E-state index contributed by atoms with van der Waals surface area (Å²) in [5.41, 5.74) is 1.68. The summed E-state index contributed by atoms with van der Waals surface area (Å²) in [4.78, 5) is 26.5. The van der Waals surface area contributed by atoms with Crippen LogP contribution in [0.3, 0.4) is 0 Å². The molecule has 0 saturated carbocycles. The van der Waals surface area contributed by atoms with Crippen LogP contribution in [0, 0.1) is 0 Å². The molecule has 23 heavy (non-hydrogen) atoms. The van der Waals surface area contributed by atoms with Crippen molar-refractivity contribution in [3.8, 4) is 0 Å². The molecule has 0 spiro atoms. The van der Waals surface area contributed by atoms with Gasteiger partial charge in [-0.05, 0) is 18.1 Å². The van der Waals surface area contributed by atoms with Crippen molar-refractivity contribution in [2.24, 2.45) is 0 Å². The molecule has 0 aliphatic rings. The first-order valence-corrected chi connectivity index (χ1v) is 8.28. The van der Waals surface area contributed by atoms with Crippen molar-refractivity contribution in [1.29, 1.82) is 0 Å². The van der Waals surface area contributed by atoms with E-state index >= 15 is 0 Å². The van der Waals surface area contributed by atoms with Gasteiger partial charge in [0.05, 0.1) is 5.01 Å². The van der Waals surface area contributed by atoms with Crippen molar-refractivity contribution in [1.82, 2.24) is 19.9 Å². The predicted molar refractivity (Wildman–Crippen MR) is 90.8 cm³/mol. The second-order valence-corrected chi connectivity index (χ2v) is 6.06. The van der Waals surface area contributed by atoms with Crippen molar-refractivity contribution >= 4 is 17.2 Å². The van der Waals surface area contributed by atoms with Crippen LogP contribution in [0.5, 0.6) is 0 Å². The fourth-order valence-electron chi connectivity index (χ4n) is 2.26. The molecular weight excluding hydrogens is 310 g/mol. The third-order valence-electron chi connectivity index (χ3n) is 3.36. The summed E-state index contributed by atoms with van der Waals surface area (Å²) in [5.74, 6) is 0.730. The van der Waals surface area contributed by atoms with E-state index in [1.165, 1.54) is 0 Å². The van der Waals surface area contributed by atoms with Crippen molar-refractivity contribution in [2.75, 3.05) is 11.9 Å². The van der Waals surface area contributed by atoms with E-state index < -0.39 is 0 Å². The number of aromatic amines is 1. The zero-order chi connectivity index (χ0) is 15.9. The molecule has 3 heterocycles. The van der Waals surface area contributed by atoms with E-state index in [9.17, 15) is 4.79 Å². The van der Waals surface area contributed by atoms with Crippen LogP contribution in [-0.4, -0.2) is 26.5 Å².